The summed E-state index contributed by atoms with van der Waals surface area (Å²) in [6.07, 6.45) is 0. The van der Waals surface area contributed by atoms with Gasteiger partial charge in [-0.25, -0.2) is 4.79 Å². The van der Waals surface area contributed by atoms with Crippen LogP contribution >= 0.6 is 0 Å². The third kappa shape index (κ3) is 4.98. The quantitative estimate of drug-likeness (QED) is 0.487. The molecular formula is C11H16N2O5. The number of ether oxygens (including phenoxy) is 2. The van der Waals surface area contributed by atoms with E-state index < -0.39 is 11.9 Å². The summed E-state index contributed by atoms with van der Waals surface area (Å²) in [5.41, 5.74) is 4.90. The van der Waals surface area contributed by atoms with Gasteiger partial charge >= 0.3 is 5.97 Å². The first-order valence-corrected chi connectivity index (χ1v) is 5.37. The molecule has 0 atom stereocenters. The van der Waals surface area contributed by atoms with Crippen molar-refractivity contribution < 1.29 is 23.5 Å². The van der Waals surface area contributed by atoms with Crippen LogP contribution in [0.5, 0.6) is 0 Å². The van der Waals surface area contributed by atoms with E-state index >= 15 is 0 Å². The number of esters is 1. The van der Waals surface area contributed by atoms with Gasteiger partial charge < -0.3 is 24.9 Å². The number of carbonyl (C=O) groups is 2. The van der Waals surface area contributed by atoms with E-state index in [0.29, 0.717) is 25.5 Å². The summed E-state index contributed by atoms with van der Waals surface area (Å²) < 4.78 is 14.7. The SMILES string of the molecule is COC(=O)c1ccc(CNCCOCC(N)=O)o1. The van der Waals surface area contributed by atoms with Crippen LogP contribution in [0.15, 0.2) is 16.5 Å². The third-order valence-electron chi connectivity index (χ3n) is 2.01. The van der Waals surface area contributed by atoms with E-state index in [2.05, 4.69) is 10.1 Å². The first kappa shape index (κ1) is 14.2. The molecule has 0 unspecified atom stereocenters. The molecule has 0 aliphatic heterocycles. The highest BCUT2D eigenvalue weighted by molar-refractivity contribution is 5.86. The standard InChI is InChI=1S/C11H16N2O5/c1-16-11(15)9-3-2-8(18-9)6-13-4-5-17-7-10(12)14/h2-3,13H,4-7H2,1H3,(H2,12,14). The van der Waals surface area contributed by atoms with E-state index in [0.717, 1.165) is 0 Å². The van der Waals surface area contributed by atoms with Gasteiger partial charge in [0.15, 0.2) is 0 Å². The van der Waals surface area contributed by atoms with Gasteiger partial charge in [-0.05, 0) is 12.1 Å². The van der Waals surface area contributed by atoms with Crippen LogP contribution < -0.4 is 11.1 Å². The van der Waals surface area contributed by atoms with Gasteiger partial charge in [-0.15, -0.1) is 0 Å². The molecule has 100 valence electrons. The highest BCUT2D eigenvalue weighted by Crippen LogP contribution is 2.08. The summed E-state index contributed by atoms with van der Waals surface area (Å²) in [6.45, 7) is 1.28. The third-order valence-corrected chi connectivity index (χ3v) is 2.01. The fourth-order valence-electron chi connectivity index (χ4n) is 1.21. The van der Waals surface area contributed by atoms with Gasteiger partial charge in [0.25, 0.3) is 0 Å². The largest absolute Gasteiger partial charge is 0.463 e. The first-order chi connectivity index (χ1) is 8.63. The number of carbonyl (C=O) groups excluding carboxylic acids is 2. The van der Waals surface area contributed by atoms with Crippen LogP contribution in [0.4, 0.5) is 0 Å². The number of primary amides is 1. The Morgan fingerprint density at radius 3 is 2.89 bits per heavy atom. The molecule has 0 spiro atoms. The monoisotopic (exact) mass is 256 g/mol. The van der Waals surface area contributed by atoms with Crippen molar-refractivity contribution in [2.45, 2.75) is 6.54 Å². The highest BCUT2D eigenvalue weighted by atomic mass is 16.5. The van der Waals surface area contributed by atoms with Crippen molar-refractivity contribution >= 4 is 11.9 Å². The van der Waals surface area contributed by atoms with E-state index in [9.17, 15) is 9.59 Å². The van der Waals surface area contributed by atoms with Gasteiger partial charge in [-0.2, -0.15) is 0 Å². The highest BCUT2D eigenvalue weighted by Gasteiger charge is 2.10. The van der Waals surface area contributed by atoms with Crippen molar-refractivity contribution in [2.24, 2.45) is 5.73 Å². The van der Waals surface area contributed by atoms with Crippen molar-refractivity contribution in [3.63, 3.8) is 0 Å². The Morgan fingerprint density at radius 2 is 2.22 bits per heavy atom. The zero-order chi connectivity index (χ0) is 13.4. The molecule has 1 heterocycles. The second-order valence-corrected chi connectivity index (χ2v) is 3.45. The van der Waals surface area contributed by atoms with Gasteiger partial charge in [-0.1, -0.05) is 0 Å². The van der Waals surface area contributed by atoms with Crippen LogP contribution in [0.1, 0.15) is 16.3 Å². The molecule has 0 aliphatic rings. The Balaban J connectivity index is 2.17. The number of amides is 1. The molecule has 1 amide bonds. The molecule has 0 saturated carbocycles. The van der Waals surface area contributed by atoms with Crippen molar-refractivity contribution in [2.75, 3.05) is 26.9 Å². The van der Waals surface area contributed by atoms with Crippen LogP contribution in [-0.4, -0.2) is 38.7 Å². The van der Waals surface area contributed by atoms with Crippen LogP contribution in [0, 0.1) is 0 Å². The predicted molar refractivity (Wildman–Crippen MR) is 61.8 cm³/mol. The van der Waals surface area contributed by atoms with E-state index in [1.165, 1.54) is 7.11 Å². The molecule has 0 fully saturated rings. The van der Waals surface area contributed by atoms with Crippen molar-refractivity contribution in [3.8, 4) is 0 Å². The van der Waals surface area contributed by atoms with E-state index in [-0.39, 0.29) is 12.4 Å². The molecule has 1 rings (SSSR count). The Hall–Kier alpha value is -1.86. The van der Waals surface area contributed by atoms with Gasteiger partial charge in [0.2, 0.25) is 11.7 Å². The molecule has 7 heteroatoms. The number of nitrogens with two attached hydrogens (primary N) is 1. The Morgan fingerprint density at radius 1 is 1.44 bits per heavy atom. The number of hydrogen-bond donors (Lipinski definition) is 2. The van der Waals surface area contributed by atoms with Crippen LogP contribution in [-0.2, 0) is 20.8 Å². The molecule has 1 aromatic heterocycles. The maximum atomic E-state index is 11.1. The summed E-state index contributed by atoms with van der Waals surface area (Å²) in [5, 5.41) is 3.02. The maximum Gasteiger partial charge on any atom is 0.373 e. The predicted octanol–water partition coefficient (Wildman–Crippen LogP) is -0.342. The second kappa shape index (κ2) is 7.46. The molecule has 3 N–H and O–H groups in total. The minimum Gasteiger partial charge on any atom is -0.463 e. The molecule has 0 radical (unpaired) electrons. The van der Waals surface area contributed by atoms with Crippen molar-refractivity contribution in [1.82, 2.24) is 5.32 Å². The fraction of sp³-hybridized carbons (Fsp3) is 0.455. The zero-order valence-electron chi connectivity index (χ0n) is 10.1. The number of rotatable bonds is 8. The summed E-state index contributed by atoms with van der Waals surface area (Å²) in [4.78, 5) is 21.5. The lowest BCUT2D eigenvalue weighted by Crippen LogP contribution is -2.23. The minimum absolute atomic E-state index is 0.0884. The zero-order valence-corrected chi connectivity index (χ0v) is 10.1. The van der Waals surface area contributed by atoms with Crippen LogP contribution in [0.25, 0.3) is 0 Å². The topological polar surface area (TPSA) is 104 Å². The van der Waals surface area contributed by atoms with Crippen molar-refractivity contribution in [3.05, 3.63) is 23.7 Å². The maximum absolute atomic E-state index is 11.1. The van der Waals surface area contributed by atoms with Gasteiger partial charge in [-0.3, -0.25) is 4.79 Å². The molecule has 0 saturated heterocycles. The summed E-state index contributed by atoms with van der Waals surface area (Å²) in [7, 11) is 1.29. The second-order valence-electron chi connectivity index (χ2n) is 3.45. The molecule has 0 aromatic carbocycles. The van der Waals surface area contributed by atoms with Crippen LogP contribution in [0.2, 0.25) is 0 Å². The molecule has 1 aromatic rings. The smallest absolute Gasteiger partial charge is 0.373 e. The molecule has 7 nitrogen and oxygen atoms in total. The summed E-state index contributed by atoms with van der Waals surface area (Å²) in [6, 6.07) is 3.23. The average molecular weight is 256 g/mol. The van der Waals surface area contributed by atoms with Crippen LogP contribution in [0.3, 0.4) is 0 Å². The fourth-order valence-corrected chi connectivity index (χ4v) is 1.21. The van der Waals surface area contributed by atoms with E-state index in [4.69, 9.17) is 14.9 Å². The number of methoxy groups -OCH3 is 1. The lowest BCUT2D eigenvalue weighted by molar-refractivity contribution is -0.122. The molecule has 18 heavy (non-hydrogen) atoms. The Bertz CT molecular complexity index is 402. The van der Waals surface area contributed by atoms with Gasteiger partial charge in [0, 0.05) is 6.54 Å². The summed E-state index contributed by atoms with van der Waals surface area (Å²) >= 11 is 0. The average Bonchev–Trinajstić information content (AvgIpc) is 2.81. The lowest BCUT2D eigenvalue weighted by Gasteiger charge is -2.03. The normalized spacial score (nSPS) is 10.3. The molecular weight excluding hydrogens is 240 g/mol. The Labute approximate surface area is 104 Å². The Kier molecular flexibility index (Phi) is 5.89. The summed E-state index contributed by atoms with van der Waals surface area (Å²) in [5.74, 6) is -0.223. The first-order valence-electron chi connectivity index (χ1n) is 5.37. The lowest BCUT2D eigenvalue weighted by atomic mass is 10.4. The van der Waals surface area contributed by atoms with Gasteiger partial charge in [0.05, 0.1) is 20.3 Å². The minimum atomic E-state index is -0.508. The molecule has 0 aliphatic carbocycles. The van der Waals surface area contributed by atoms with E-state index in [1.54, 1.807) is 12.1 Å². The number of furan rings is 1. The van der Waals surface area contributed by atoms with Gasteiger partial charge in [0.1, 0.15) is 12.4 Å². The number of nitrogens with one attached hydrogen (secondary N) is 1. The number of hydrogen-bond acceptors (Lipinski definition) is 6. The molecule has 0 bridgehead atoms. The van der Waals surface area contributed by atoms with Crippen molar-refractivity contribution in [1.29, 1.82) is 0 Å². The van der Waals surface area contributed by atoms with E-state index in [1.807, 2.05) is 0 Å².